The summed E-state index contributed by atoms with van der Waals surface area (Å²) in [7, 11) is 0. The molecule has 0 heterocycles. The van der Waals surface area contributed by atoms with E-state index >= 15 is 0 Å². The van der Waals surface area contributed by atoms with Crippen molar-refractivity contribution in [3.63, 3.8) is 0 Å². The largest absolute Gasteiger partial charge is 0.395 e. The van der Waals surface area contributed by atoms with Gasteiger partial charge in [0.05, 0.1) is 6.61 Å². The fraction of sp³-hybridized carbons (Fsp3) is 0.400. The second-order valence-electron chi connectivity index (χ2n) is 3.04. The Morgan fingerprint density at radius 1 is 1.50 bits per heavy atom. The van der Waals surface area contributed by atoms with Crippen molar-refractivity contribution in [3.8, 4) is 0 Å². The molecule has 0 aliphatic rings. The van der Waals surface area contributed by atoms with E-state index in [1.54, 1.807) is 17.8 Å². The van der Waals surface area contributed by atoms with Crippen LogP contribution in [0.3, 0.4) is 0 Å². The van der Waals surface area contributed by atoms with E-state index in [1.807, 2.05) is 6.07 Å². The fourth-order valence-electron chi connectivity index (χ4n) is 0.976. The predicted octanol–water partition coefficient (Wildman–Crippen LogP) is 1.63. The number of hydrogen-bond donors (Lipinski definition) is 2. The first-order chi connectivity index (χ1) is 6.72. The highest BCUT2D eigenvalue weighted by atomic mass is 32.2. The van der Waals surface area contributed by atoms with E-state index in [-0.39, 0.29) is 18.5 Å². The highest BCUT2D eigenvalue weighted by molar-refractivity contribution is 7.99. The average molecular weight is 215 g/mol. The van der Waals surface area contributed by atoms with E-state index in [2.05, 4.69) is 0 Å². The number of rotatable bonds is 5. The third kappa shape index (κ3) is 4.09. The molecule has 14 heavy (non-hydrogen) atoms. The van der Waals surface area contributed by atoms with Crippen LogP contribution in [0.2, 0.25) is 0 Å². The number of aliphatic hydroxyl groups is 1. The van der Waals surface area contributed by atoms with Crippen molar-refractivity contribution in [1.29, 1.82) is 0 Å². The number of halogens is 1. The lowest BCUT2D eigenvalue weighted by Gasteiger charge is -2.06. The Labute approximate surface area is 87.3 Å². The van der Waals surface area contributed by atoms with Gasteiger partial charge in [-0.2, -0.15) is 0 Å². The summed E-state index contributed by atoms with van der Waals surface area (Å²) in [6.07, 6.45) is 0.734. The summed E-state index contributed by atoms with van der Waals surface area (Å²) in [6.45, 7) is 0.00368. The molecule has 0 radical (unpaired) electrons. The molecule has 0 saturated heterocycles. The van der Waals surface area contributed by atoms with E-state index in [9.17, 15) is 4.39 Å². The third-order valence-corrected chi connectivity index (χ3v) is 2.82. The second kappa shape index (κ2) is 6.01. The van der Waals surface area contributed by atoms with Gasteiger partial charge in [-0.25, -0.2) is 4.39 Å². The lowest BCUT2D eigenvalue weighted by atomic mass is 10.3. The number of hydrogen-bond acceptors (Lipinski definition) is 3. The van der Waals surface area contributed by atoms with E-state index in [1.165, 1.54) is 12.1 Å². The summed E-state index contributed by atoms with van der Waals surface area (Å²) < 4.78 is 12.7. The molecule has 1 rings (SSSR count). The normalized spacial score (nSPS) is 12.8. The molecular formula is C10H14FNOS. The molecule has 78 valence electrons. The van der Waals surface area contributed by atoms with Crippen molar-refractivity contribution in [2.45, 2.75) is 17.4 Å². The quantitative estimate of drug-likeness (QED) is 0.734. The third-order valence-electron chi connectivity index (χ3n) is 1.79. The predicted molar refractivity (Wildman–Crippen MR) is 56.8 cm³/mol. The van der Waals surface area contributed by atoms with Gasteiger partial charge in [-0.3, -0.25) is 0 Å². The summed E-state index contributed by atoms with van der Waals surface area (Å²) in [4.78, 5) is 0.898. The minimum Gasteiger partial charge on any atom is -0.395 e. The zero-order valence-electron chi connectivity index (χ0n) is 7.82. The van der Waals surface area contributed by atoms with Crippen molar-refractivity contribution in [2.75, 3.05) is 12.4 Å². The summed E-state index contributed by atoms with van der Waals surface area (Å²) in [6, 6.07) is 6.29. The molecule has 0 fully saturated rings. The van der Waals surface area contributed by atoms with Gasteiger partial charge in [-0.05, 0) is 30.4 Å². The number of aliphatic hydroxyl groups excluding tert-OH is 1. The molecule has 2 nitrogen and oxygen atoms in total. The lowest BCUT2D eigenvalue weighted by Crippen LogP contribution is -2.24. The van der Waals surface area contributed by atoms with E-state index < -0.39 is 0 Å². The molecule has 4 heteroatoms. The summed E-state index contributed by atoms with van der Waals surface area (Å²) in [5.41, 5.74) is 5.53. The van der Waals surface area contributed by atoms with Crippen LogP contribution in [0.25, 0.3) is 0 Å². The zero-order valence-corrected chi connectivity index (χ0v) is 8.64. The monoisotopic (exact) mass is 215 g/mol. The zero-order chi connectivity index (χ0) is 10.4. The fourth-order valence-corrected chi connectivity index (χ4v) is 2.00. The highest BCUT2D eigenvalue weighted by Gasteiger charge is 2.01. The molecule has 3 N–H and O–H groups in total. The molecule has 1 unspecified atom stereocenters. The first-order valence-electron chi connectivity index (χ1n) is 4.47. The van der Waals surface area contributed by atoms with Gasteiger partial charge in [0.25, 0.3) is 0 Å². The Morgan fingerprint density at radius 2 is 2.29 bits per heavy atom. The van der Waals surface area contributed by atoms with Crippen molar-refractivity contribution in [2.24, 2.45) is 5.73 Å². The molecule has 0 aliphatic heterocycles. The highest BCUT2D eigenvalue weighted by Crippen LogP contribution is 2.19. The van der Waals surface area contributed by atoms with Gasteiger partial charge in [0.1, 0.15) is 5.82 Å². The van der Waals surface area contributed by atoms with E-state index in [0.717, 1.165) is 17.1 Å². The van der Waals surface area contributed by atoms with E-state index in [0.29, 0.717) is 0 Å². The van der Waals surface area contributed by atoms with Gasteiger partial charge in [0, 0.05) is 10.9 Å². The summed E-state index contributed by atoms with van der Waals surface area (Å²) >= 11 is 1.55. The molecule has 1 aromatic rings. The molecule has 0 amide bonds. The molecule has 0 saturated carbocycles. The van der Waals surface area contributed by atoms with Crippen molar-refractivity contribution in [1.82, 2.24) is 0 Å². The molecular weight excluding hydrogens is 201 g/mol. The van der Waals surface area contributed by atoms with E-state index in [4.69, 9.17) is 10.8 Å². The van der Waals surface area contributed by atoms with Crippen LogP contribution in [0.5, 0.6) is 0 Å². The number of thioether (sulfide) groups is 1. The second-order valence-corrected chi connectivity index (χ2v) is 4.21. The molecule has 1 atom stereocenters. The van der Waals surface area contributed by atoms with Crippen LogP contribution in [-0.2, 0) is 0 Å². The van der Waals surface area contributed by atoms with Crippen LogP contribution in [0.1, 0.15) is 6.42 Å². The Balaban J connectivity index is 2.31. The minimum absolute atomic E-state index is 0.00368. The number of benzene rings is 1. The summed E-state index contributed by atoms with van der Waals surface area (Å²) in [5, 5.41) is 8.68. The topological polar surface area (TPSA) is 46.2 Å². The van der Waals surface area contributed by atoms with Gasteiger partial charge in [-0.1, -0.05) is 6.07 Å². The summed E-state index contributed by atoms with van der Waals surface area (Å²) in [5.74, 6) is 0.576. The maximum absolute atomic E-state index is 12.7. The van der Waals surface area contributed by atoms with Crippen LogP contribution in [0.4, 0.5) is 4.39 Å². The molecule has 1 aromatic carbocycles. The Morgan fingerprint density at radius 3 is 2.93 bits per heavy atom. The lowest BCUT2D eigenvalue weighted by molar-refractivity contribution is 0.264. The van der Waals surface area contributed by atoms with Gasteiger partial charge in [-0.15, -0.1) is 11.8 Å². The van der Waals surface area contributed by atoms with Gasteiger partial charge < -0.3 is 10.8 Å². The van der Waals surface area contributed by atoms with Gasteiger partial charge >= 0.3 is 0 Å². The van der Waals surface area contributed by atoms with Crippen molar-refractivity contribution < 1.29 is 9.50 Å². The SMILES string of the molecule is NC(CO)CCSc1cccc(F)c1. The van der Waals surface area contributed by atoms with Crippen molar-refractivity contribution in [3.05, 3.63) is 30.1 Å². The maximum atomic E-state index is 12.7. The van der Waals surface area contributed by atoms with Gasteiger partial charge in [0.15, 0.2) is 0 Å². The Kier molecular flexibility index (Phi) is 4.93. The Hall–Kier alpha value is -0.580. The molecule has 0 bridgehead atoms. The molecule has 0 aliphatic carbocycles. The van der Waals surface area contributed by atoms with Crippen LogP contribution < -0.4 is 5.73 Å². The van der Waals surface area contributed by atoms with Crippen LogP contribution >= 0.6 is 11.8 Å². The average Bonchev–Trinajstić information content (AvgIpc) is 2.17. The van der Waals surface area contributed by atoms with Crippen LogP contribution in [0, 0.1) is 5.82 Å². The molecule has 0 spiro atoms. The first kappa shape index (κ1) is 11.5. The standard InChI is InChI=1S/C10H14FNOS/c11-8-2-1-3-10(6-8)14-5-4-9(12)7-13/h1-3,6,9,13H,4-5,7,12H2. The molecule has 0 aromatic heterocycles. The van der Waals surface area contributed by atoms with Crippen LogP contribution in [-0.4, -0.2) is 23.5 Å². The Bertz CT molecular complexity index is 283. The minimum atomic E-state index is -0.221. The smallest absolute Gasteiger partial charge is 0.124 e. The maximum Gasteiger partial charge on any atom is 0.124 e. The number of nitrogens with two attached hydrogens (primary N) is 1. The van der Waals surface area contributed by atoms with Crippen LogP contribution in [0.15, 0.2) is 29.2 Å². The van der Waals surface area contributed by atoms with Gasteiger partial charge in [0.2, 0.25) is 0 Å². The van der Waals surface area contributed by atoms with Crippen molar-refractivity contribution >= 4 is 11.8 Å². The first-order valence-corrected chi connectivity index (χ1v) is 5.45.